The third kappa shape index (κ3) is 5.89. The highest BCUT2D eigenvalue weighted by Gasteiger charge is 2.06. The summed E-state index contributed by atoms with van der Waals surface area (Å²) in [7, 11) is 0. The van der Waals surface area contributed by atoms with Crippen molar-refractivity contribution in [2.75, 3.05) is 17.2 Å². The van der Waals surface area contributed by atoms with Crippen LogP contribution in [0, 0.1) is 0 Å². The van der Waals surface area contributed by atoms with Crippen LogP contribution >= 0.6 is 0 Å². The molecule has 3 N–H and O–H groups in total. The van der Waals surface area contributed by atoms with Crippen molar-refractivity contribution in [3.8, 4) is 11.5 Å². The predicted molar refractivity (Wildman–Crippen MR) is 105 cm³/mol. The Kier molecular flexibility index (Phi) is 6.04. The first-order chi connectivity index (χ1) is 13.2. The van der Waals surface area contributed by atoms with Crippen molar-refractivity contribution in [1.82, 2.24) is 5.32 Å². The second-order valence-electron chi connectivity index (χ2n) is 5.66. The van der Waals surface area contributed by atoms with Crippen molar-refractivity contribution >= 4 is 23.3 Å². The molecule has 0 spiro atoms. The van der Waals surface area contributed by atoms with Gasteiger partial charge in [-0.1, -0.05) is 36.4 Å². The van der Waals surface area contributed by atoms with Gasteiger partial charge in [-0.2, -0.15) is 0 Å². The molecule has 3 rings (SSSR count). The molecular weight excluding hydrogens is 342 g/mol. The maximum Gasteiger partial charge on any atom is 0.319 e. The smallest absolute Gasteiger partial charge is 0.319 e. The Morgan fingerprint density at radius 3 is 1.89 bits per heavy atom. The Balaban J connectivity index is 1.44. The summed E-state index contributed by atoms with van der Waals surface area (Å²) in [6.07, 6.45) is 0. The molecule has 27 heavy (non-hydrogen) atoms. The minimum absolute atomic E-state index is 0.129. The van der Waals surface area contributed by atoms with Crippen LogP contribution in [0.2, 0.25) is 0 Å². The van der Waals surface area contributed by atoms with Crippen molar-refractivity contribution in [3.63, 3.8) is 0 Å². The second kappa shape index (κ2) is 9.05. The fourth-order valence-corrected chi connectivity index (χ4v) is 2.29. The van der Waals surface area contributed by atoms with E-state index in [2.05, 4.69) is 16.0 Å². The molecule has 0 bridgehead atoms. The molecule has 6 heteroatoms. The van der Waals surface area contributed by atoms with Gasteiger partial charge in [0, 0.05) is 11.4 Å². The summed E-state index contributed by atoms with van der Waals surface area (Å²) in [5.41, 5.74) is 1.27. The molecule has 3 aromatic rings. The number of hydrogen-bond acceptors (Lipinski definition) is 3. The Hall–Kier alpha value is -3.80. The number of amides is 3. The summed E-state index contributed by atoms with van der Waals surface area (Å²) < 4.78 is 5.69. The van der Waals surface area contributed by atoms with Crippen molar-refractivity contribution in [2.45, 2.75) is 0 Å². The number of rotatable bonds is 6. The van der Waals surface area contributed by atoms with Gasteiger partial charge in [0.25, 0.3) is 0 Å². The minimum Gasteiger partial charge on any atom is -0.457 e. The SMILES string of the molecule is O=C(CNC(=O)Nc1ccc(Oc2ccccc2)cc1)Nc1ccccc1. The lowest BCUT2D eigenvalue weighted by Gasteiger charge is -2.09. The first-order valence-corrected chi connectivity index (χ1v) is 8.42. The molecular formula is C21H19N3O3. The van der Waals surface area contributed by atoms with E-state index in [0.29, 0.717) is 17.1 Å². The van der Waals surface area contributed by atoms with E-state index in [1.165, 1.54) is 0 Å². The van der Waals surface area contributed by atoms with Crippen LogP contribution in [0.4, 0.5) is 16.2 Å². The van der Waals surface area contributed by atoms with Gasteiger partial charge in [0.1, 0.15) is 11.5 Å². The summed E-state index contributed by atoms with van der Waals surface area (Å²) in [6, 6.07) is 25.0. The average Bonchev–Trinajstić information content (AvgIpc) is 2.70. The summed E-state index contributed by atoms with van der Waals surface area (Å²) in [5.74, 6) is 1.10. The van der Waals surface area contributed by atoms with Gasteiger partial charge in [-0.15, -0.1) is 0 Å². The molecule has 0 unspecified atom stereocenters. The van der Waals surface area contributed by atoms with Gasteiger partial charge >= 0.3 is 6.03 Å². The van der Waals surface area contributed by atoms with E-state index in [9.17, 15) is 9.59 Å². The van der Waals surface area contributed by atoms with Crippen LogP contribution in [-0.4, -0.2) is 18.5 Å². The van der Waals surface area contributed by atoms with Crippen LogP contribution in [0.3, 0.4) is 0 Å². The van der Waals surface area contributed by atoms with Crippen molar-refractivity contribution < 1.29 is 14.3 Å². The second-order valence-corrected chi connectivity index (χ2v) is 5.66. The number of ether oxygens (including phenoxy) is 1. The Morgan fingerprint density at radius 2 is 1.22 bits per heavy atom. The Labute approximate surface area is 157 Å². The zero-order valence-electron chi connectivity index (χ0n) is 14.5. The van der Waals surface area contributed by atoms with Gasteiger partial charge in [-0.25, -0.2) is 4.79 Å². The highest BCUT2D eigenvalue weighted by atomic mass is 16.5. The predicted octanol–water partition coefficient (Wildman–Crippen LogP) is 4.24. The van der Waals surface area contributed by atoms with Crippen LogP contribution in [-0.2, 0) is 4.79 Å². The molecule has 0 fully saturated rings. The van der Waals surface area contributed by atoms with Crippen molar-refractivity contribution in [3.05, 3.63) is 84.9 Å². The van der Waals surface area contributed by atoms with Crippen LogP contribution in [0.1, 0.15) is 0 Å². The van der Waals surface area contributed by atoms with E-state index in [1.807, 2.05) is 48.5 Å². The number of carbonyl (C=O) groups excluding carboxylic acids is 2. The Morgan fingerprint density at radius 1 is 0.667 bits per heavy atom. The monoisotopic (exact) mass is 361 g/mol. The van der Waals surface area contributed by atoms with Gasteiger partial charge < -0.3 is 20.7 Å². The largest absolute Gasteiger partial charge is 0.457 e. The molecule has 0 aliphatic carbocycles. The first-order valence-electron chi connectivity index (χ1n) is 8.42. The zero-order valence-corrected chi connectivity index (χ0v) is 14.5. The van der Waals surface area contributed by atoms with Gasteiger partial charge in [0.15, 0.2) is 0 Å². The van der Waals surface area contributed by atoms with Gasteiger partial charge in [-0.3, -0.25) is 4.79 Å². The fourth-order valence-electron chi connectivity index (χ4n) is 2.29. The number of nitrogens with one attached hydrogen (secondary N) is 3. The number of para-hydroxylation sites is 2. The molecule has 0 saturated carbocycles. The molecule has 0 atom stereocenters. The number of benzene rings is 3. The maximum absolute atomic E-state index is 11.9. The molecule has 0 saturated heterocycles. The highest BCUT2D eigenvalue weighted by Crippen LogP contribution is 2.22. The molecule has 3 aromatic carbocycles. The van der Waals surface area contributed by atoms with E-state index in [-0.39, 0.29) is 12.5 Å². The van der Waals surface area contributed by atoms with E-state index in [1.54, 1.807) is 36.4 Å². The third-order valence-corrected chi connectivity index (χ3v) is 3.56. The van der Waals surface area contributed by atoms with Gasteiger partial charge in [-0.05, 0) is 48.5 Å². The highest BCUT2D eigenvalue weighted by molar-refractivity contribution is 5.96. The van der Waals surface area contributed by atoms with Crippen molar-refractivity contribution in [1.29, 1.82) is 0 Å². The maximum atomic E-state index is 11.9. The number of hydrogen-bond donors (Lipinski definition) is 3. The van der Waals surface area contributed by atoms with Crippen LogP contribution in [0.15, 0.2) is 84.9 Å². The molecule has 0 radical (unpaired) electrons. The molecule has 0 aliphatic heterocycles. The number of carbonyl (C=O) groups is 2. The van der Waals surface area contributed by atoms with E-state index in [0.717, 1.165) is 5.75 Å². The zero-order chi connectivity index (χ0) is 18.9. The van der Waals surface area contributed by atoms with Crippen LogP contribution in [0.5, 0.6) is 11.5 Å². The molecule has 0 aliphatic rings. The molecule has 0 heterocycles. The molecule has 136 valence electrons. The lowest BCUT2D eigenvalue weighted by atomic mass is 10.3. The van der Waals surface area contributed by atoms with E-state index in [4.69, 9.17) is 4.74 Å². The Bertz CT molecular complexity index is 882. The fraction of sp³-hybridized carbons (Fsp3) is 0.0476. The van der Waals surface area contributed by atoms with Gasteiger partial charge in [0.2, 0.25) is 5.91 Å². The summed E-state index contributed by atoms with van der Waals surface area (Å²) in [4.78, 5) is 23.7. The van der Waals surface area contributed by atoms with Crippen molar-refractivity contribution in [2.24, 2.45) is 0 Å². The number of anilines is 2. The standard InChI is InChI=1S/C21H19N3O3/c25-20(23-16-7-3-1-4-8-16)15-22-21(26)24-17-11-13-19(14-12-17)27-18-9-5-2-6-10-18/h1-14H,15H2,(H,23,25)(H2,22,24,26). The normalized spacial score (nSPS) is 9.93. The van der Waals surface area contributed by atoms with Gasteiger partial charge in [0.05, 0.1) is 6.54 Å². The van der Waals surface area contributed by atoms with Crippen LogP contribution in [0.25, 0.3) is 0 Å². The van der Waals surface area contributed by atoms with E-state index < -0.39 is 6.03 Å². The molecule has 0 aromatic heterocycles. The summed E-state index contributed by atoms with van der Waals surface area (Å²) in [6.45, 7) is -0.129. The first kappa shape index (κ1) is 18.0. The topological polar surface area (TPSA) is 79.5 Å². The minimum atomic E-state index is -0.463. The number of urea groups is 1. The third-order valence-electron chi connectivity index (χ3n) is 3.56. The quantitative estimate of drug-likeness (QED) is 0.614. The summed E-state index contributed by atoms with van der Waals surface area (Å²) >= 11 is 0. The van der Waals surface area contributed by atoms with Crippen LogP contribution < -0.4 is 20.7 Å². The molecule has 3 amide bonds. The summed E-state index contributed by atoms with van der Waals surface area (Å²) in [5, 5.41) is 7.87. The van der Waals surface area contributed by atoms with E-state index >= 15 is 0 Å². The molecule has 6 nitrogen and oxygen atoms in total. The lowest BCUT2D eigenvalue weighted by molar-refractivity contribution is -0.115. The lowest BCUT2D eigenvalue weighted by Crippen LogP contribution is -2.35. The average molecular weight is 361 g/mol.